The second-order valence-electron chi connectivity index (χ2n) is 5.64. The van der Waals surface area contributed by atoms with Crippen molar-refractivity contribution in [2.75, 3.05) is 18.8 Å². The lowest BCUT2D eigenvalue weighted by Crippen LogP contribution is -3.10. The fourth-order valence-electron chi connectivity index (χ4n) is 3.07. The Bertz CT molecular complexity index is 711. The van der Waals surface area contributed by atoms with E-state index in [0.29, 0.717) is 17.5 Å². The summed E-state index contributed by atoms with van der Waals surface area (Å²) in [5, 5.41) is 2.10. The van der Waals surface area contributed by atoms with Crippen molar-refractivity contribution < 1.29 is 13.3 Å². The van der Waals surface area contributed by atoms with Crippen LogP contribution in [0.2, 0.25) is 0 Å². The Morgan fingerprint density at radius 2 is 2.00 bits per heavy atom. The number of quaternary nitrogens is 1. The Morgan fingerprint density at radius 1 is 1.23 bits per heavy atom. The molecule has 2 atom stereocenters. The summed E-state index contributed by atoms with van der Waals surface area (Å²) in [6, 6.07) is 11.6. The van der Waals surface area contributed by atoms with E-state index < -0.39 is 9.84 Å². The van der Waals surface area contributed by atoms with E-state index >= 15 is 0 Å². The quantitative estimate of drug-likeness (QED) is 0.837. The zero-order valence-corrected chi connectivity index (χ0v) is 15.4. The molecule has 1 saturated heterocycles. The van der Waals surface area contributed by atoms with Gasteiger partial charge in [-0.05, 0) is 35.7 Å². The van der Waals surface area contributed by atoms with Gasteiger partial charge in [-0.25, -0.2) is 8.42 Å². The zero-order valence-electron chi connectivity index (χ0n) is 12.2. The number of rotatable bonds is 5. The van der Waals surface area contributed by atoms with Gasteiger partial charge < -0.3 is 4.90 Å². The molecule has 2 heterocycles. The minimum absolute atomic E-state index is 0.214. The Kier molecular flexibility index (Phi) is 5.02. The van der Waals surface area contributed by atoms with E-state index in [2.05, 4.69) is 33.4 Å². The maximum absolute atomic E-state index is 12.5. The summed E-state index contributed by atoms with van der Waals surface area (Å²) >= 11 is 5.12. The van der Waals surface area contributed by atoms with Crippen molar-refractivity contribution in [2.24, 2.45) is 0 Å². The molecule has 0 amide bonds. The van der Waals surface area contributed by atoms with Crippen LogP contribution in [-0.2, 0) is 9.84 Å². The van der Waals surface area contributed by atoms with E-state index in [4.69, 9.17) is 0 Å². The molecule has 0 radical (unpaired) electrons. The van der Waals surface area contributed by atoms with Crippen molar-refractivity contribution in [3.63, 3.8) is 0 Å². The first-order chi connectivity index (χ1) is 10.6. The normalized spacial score (nSPS) is 22.0. The van der Waals surface area contributed by atoms with Gasteiger partial charge in [0.25, 0.3) is 0 Å². The molecule has 0 spiro atoms. The molecule has 22 heavy (non-hydrogen) atoms. The lowest BCUT2D eigenvalue weighted by atomic mass is 10.2. The number of hydrogen-bond acceptors (Lipinski definition) is 3. The third-order valence-electron chi connectivity index (χ3n) is 4.23. The van der Waals surface area contributed by atoms with E-state index in [1.165, 1.54) is 16.2 Å². The number of nitrogens with one attached hydrogen (secondary N) is 1. The van der Waals surface area contributed by atoms with Crippen LogP contribution in [-0.4, -0.2) is 27.3 Å². The molecule has 2 aromatic rings. The molecule has 1 N–H and O–H groups in total. The van der Waals surface area contributed by atoms with Gasteiger partial charge in [0.1, 0.15) is 11.8 Å². The van der Waals surface area contributed by atoms with Crippen LogP contribution in [0, 0.1) is 0 Å². The van der Waals surface area contributed by atoms with Crippen LogP contribution >= 0.6 is 27.3 Å². The molecule has 0 aliphatic carbocycles. The Hall–Kier alpha value is -0.690. The van der Waals surface area contributed by atoms with Crippen molar-refractivity contribution in [3.8, 4) is 0 Å². The molecular weight excluding hydrogens is 382 g/mol. The molecule has 0 saturated carbocycles. The maximum atomic E-state index is 12.5. The number of sulfone groups is 1. The van der Waals surface area contributed by atoms with Gasteiger partial charge in [0.15, 0.2) is 9.84 Å². The van der Waals surface area contributed by atoms with Crippen LogP contribution in [0.4, 0.5) is 0 Å². The van der Waals surface area contributed by atoms with Crippen LogP contribution < -0.4 is 4.90 Å². The van der Waals surface area contributed by atoms with Crippen LogP contribution in [0.15, 0.2) is 51.1 Å². The van der Waals surface area contributed by atoms with Gasteiger partial charge in [0.2, 0.25) is 0 Å². The Morgan fingerprint density at radius 3 is 2.68 bits per heavy atom. The highest BCUT2D eigenvalue weighted by molar-refractivity contribution is 9.10. The highest BCUT2D eigenvalue weighted by Crippen LogP contribution is 2.23. The standard InChI is InChI=1S/C16H18BrNO2S2/c17-13-5-7-14(8-6-13)22(19,20)12-10-18-9-1-3-15(18)16-4-2-11-21-16/h2,4-8,11,15H,1,3,9-10,12H2/p+1/t15-/m1/s1. The fraction of sp³-hybridized carbons (Fsp3) is 0.375. The first-order valence-corrected chi connectivity index (χ1v) is 10.7. The molecule has 118 valence electrons. The summed E-state index contributed by atoms with van der Waals surface area (Å²) < 4.78 is 25.8. The third kappa shape index (κ3) is 3.62. The fourth-order valence-corrected chi connectivity index (χ4v) is 5.57. The smallest absolute Gasteiger partial charge is 0.183 e. The lowest BCUT2D eigenvalue weighted by molar-refractivity contribution is -0.915. The molecule has 1 fully saturated rings. The summed E-state index contributed by atoms with van der Waals surface area (Å²) in [6.45, 7) is 1.75. The molecule has 3 nitrogen and oxygen atoms in total. The second-order valence-corrected chi connectivity index (χ2v) is 9.65. The van der Waals surface area contributed by atoms with Gasteiger partial charge in [-0.3, -0.25) is 0 Å². The highest BCUT2D eigenvalue weighted by atomic mass is 79.9. The molecule has 3 rings (SSSR count). The second kappa shape index (κ2) is 6.83. The molecule has 1 unspecified atom stereocenters. The Balaban J connectivity index is 1.67. The van der Waals surface area contributed by atoms with Gasteiger partial charge >= 0.3 is 0 Å². The minimum Gasteiger partial charge on any atom is -0.327 e. The summed E-state index contributed by atoms with van der Waals surface area (Å²) in [7, 11) is -3.20. The van der Waals surface area contributed by atoms with Gasteiger partial charge in [-0.15, -0.1) is 11.3 Å². The maximum Gasteiger partial charge on any atom is 0.183 e. The van der Waals surface area contributed by atoms with E-state index in [-0.39, 0.29) is 5.75 Å². The zero-order chi connectivity index (χ0) is 15.6. The number of halogens is 1. The van der Waals surface area contributed by atoms with Crippen molar-refractivity contribution >= 4 is 37.1 Å². The highest BCUT2D eigenvalue weighted by Gasteiger charge is 2.31. The van der Waals surface area contributed by atoms with Crippen LogP contribution in [0.3, 0.4) is 0 Å². The average Bonchev–Trinajstić information content (AvgIpc) is 3.16. The molecule has 1 aliphatic heterocycles. The number of likely N-dealkylation sites (tertiary alicyclic amines) is 1. The lowest BCUT2D eigenvalue weighted by Gasteiger charge is -2.20. The number of hydrogen-bond donors (Lipinski definition) is 1. The molecule has 0 bridgehead atoms. The number of thiophene rings is 1. The first kappa shape index (κ1) is 16.2. The van der Waals surface area contributed by atoms with E-state index in [1.54, 1.807) is 35.6 Å². The molecule has 1 aromatic carbocycles. The van der Waals surface area contributed by atoms with Crippen LogP contribution in [0.5, 0.6) is 0 Å². The number of benzene rings is 1. The van der Waals surface area contributed by atoms with Gasteiger partial charge in [-0.2, -0.15) is 0 Å². The van der Waals surface area contributed by atoms with E-state index in [0.717, 1.165) is 17.4 Å². The summed E-state index contributed by atoms with van der Waals surface area (Å²) in [4.78, 5) is 3.21. The predicted octanol–water partition coefficient (Wildman–Crippen LogP) is 2.70. The van der Waals surface area contributed by atoms with Crippen LogP contribution in [0.25, 0.3) is 0 Å². The topological polar surface area (TPSA) is 38.6 Å². The predicted molar refractivity (Wildman–Crippen MR) is 93.2 cm³/mol. The van der Waals surface area contributed by atoms with Gasteiger partial charge in [0, 0.05) is 17.3 Å². The van der Waals surface area contributed by atoms with E-state index in [9.17, 15) is 8.42 Å². The summed E-state index contributed by atoms with van der Waals surface area (Å²) in [6.07, 6.45) is 2.34. The van der Waals surface area contributed by atoms with E-state index in [1.807, 2.05) is 0 Å². The van der Waals surface area contributed by atoms with Gasteiger partial charge in [-0.1, -0.05) is 22.0 Å². The SMILES string of the molecule is O=S(=O)(CC[NH+]1CCC[C@@H]1c1cccs1)c1ccc(Br)cc1. The van der Waals surface area contributed by atoms with Gasteiger partial charge in [0.05, 0.1) is 22.9 Å². The largest absolute Gasteiger partial charge is 0.327 e. The minimum atomic E-state index is -3.20. The molecular formula is C16H19BrNO2S2+. The van der Waals surface area contributed by atoms with Crippen molar-refractivity contribution in [1.29, 1.82) is 0 Å². The average molecular weight is 401 g/mol. The van der Waals surface area contributed by atoms with Crippen molar-refractivity contribution in [1.82, 2.24) is 0 Å². The third-order valence-corrected chi connectivity index (χ3v) is 7.48. The summed E-state index contributed by atoms with van der Waals surface area (Å²) in [5.41, 5.74) is 0. The molecule has 6 heteroatoms. The van der Waals surface area contributed by atoms with Crippen LogP contribution in [0.1, 0.15) is 23.8 Å². The first-order valence-electron chi connectivity index (χ1n) is 7.42. The molecule has 1 aromatic heterocycles. The van der Waals surface area contributed by atoms with Crippen molar-refractivity contribution in [3.05, 3.63) is 51.1 Å². The van der Waals surface area contributed by atoms with Crippen molar-refractivity contribution in [2.45, 2.75) is 23.8 Å². The Labute approximate surface area is 144 Å². The monoisotopic (exact) mass is 400 g/mol. The molecule has 1 aliphatic rings. The summed E-state index contributed by atoms with van der Waals surface area (Å²) in [5.74, 6) is 0.214.